The van der Waals surface area contributed by atoms with Gasteiger partial charge in [0.25, 0.3) is 0 Å². The molecule has 1 N–H and O–H groups in total. The Morgan fingerprint density at radius 2 is 2.23 bits per heavy atom. The molecule has 2 aliphatic carbocycles. The van der Waals surface area contributed by atoms with Gasteiger partial charge in [-0.15, -0.1) is 11.3 Å². The van der Waals surface area contributed by atoms with Crippen LogP contribution in [0.4, 0.5) is 0 Å². The fraction of sp³-hybridized carbons (Fsp3) is 0.700. The summed E-state index contributed by atoms with van der Waals surface area (Å²) in [5.41, 5.74) is 1.38. The minimum atomic E-state index is 0.597. The van der Waals surface area contributed by atoms with Crippen LogP contribution in [0.5, 0.6) is 0 Å². The Kier molecular flexibility index (Phi) is 1.70. The molecule has 1 atom stereocenters. The zero-order chi connectivity index (χ0) is 8.84. The first kappa shape index (κ1) is 7.94. The molecule has 1 saturated carbocycles. The fourth-order valence-corrected chi connectivity index (χ4v) is 3.45. The number of thiazole rings is 1. The molecule has 70 valence electrons. The number of rotatable bonds is 2. The maximum Gasteiger partial charge on any atom is 0.0962 e. The van der Waals surface area contributed by atoms with Gasteiger partial charge in [0.1, 0.15) is 0 Å². The summed E-state index contributed by atoms with van der Waals surface area (Å²) in [6, 6.07) is 0.597. The van der Waals surface area contributed by atoms with Crippen molar-refractivity contribution in [3.8, 4) is 0 Å². The Morgan fingerprint density at radius 1 is 1.38 bits per heavy atom. The molecule has 1 heterocycles. The van der Waals surface area contributed by atoms with Crippen LogP contribution in [0.15, 0.2) is 0 Å². The standard InChI is InChI=1S/C10H14N2S/c1-11-7-4-5-8-9(7)13-10(12-8)6-2-3-6/h6-7,11H,2-5H2,1H3. The first-order valence-electron chi connectivity index (χ1n) is 5.05. The zero-order valence-electron chi connectivity index (χ0n) is 7.84. The Hall–Kier alpha value is -0.410. The van der Waals surface area contributed by atoms with Gasteiger partial charge in [-0.3, -0.25) is 0 Å². The van der Waals surface area contributed by atoms with E-state index in [2.05, 4.69) is 12.4 Å². The molecule has 1 aromatic rings. The van der Waals surface area contributed by atoms with Gasteiger partial charge >= 0.3 is 0 Å². The van der Waals surface area contributed by atoms with Crippen molar-refractivity contribution in [1.82, 2.24) is 10.3 Å². The monoisotopic (exact) mass is 194 g/mol. The zero-order valence-corrected chi connectivity index (χ0v) is 8.66. The van der Waals surface area contributed by atoms with Crippen molar-refractivity contribution in [2.24, 2.45) is 0 Å². The summed E-state index contributed by atoms with van der Waals surface area (Å²) in [7, 11) is 2.05. The molecule has 0 spiro atoms. The van der Waals surface area contributed by atoms with Gasteiger partial charge in [-0.2, -0.15) is 0 Å². The lowest BCUT2D eigenvalue weighted by atomic mass is 10.3. The Balaban J connectivity index is 1.95. The molecule has 3 heteroatoms. The van der Waals surface area contributed by atoms with E-state index in [4.69, 9.17) is 4.98 Å². The Morgan fingerprint density at radius 3 is 2.92 bits per heavy atom. The van der Waals surface area contributed by atoms with Crippen molar-refractivity contribution in [3.05, 3.63) is 15.6 Å². The average Bonchev–Trinajstić information content (AvgIpc) is 2.78. The summed E-state index contributed by atoms with van der Waals surface area (Å²) in [5.74, 6) is 0.827. The summed E-state index contributed by atoms with van der Waals surface area (Å²) in [4.78, 5) is 6.25. The van der Waals surface area contributed by atoms with Gasteiger partial charge in [-0.25, -0.2) is 4.98 Å². The predicted molar refractivity (Wildman–Crippen MR) is 54.2 cm³/mol. The number of hydrogen-bond acceptors (Lipinski definition) is 3. The Labute approximate surface area is 82.4 Å². The molecule has 3 rings (SSSR count). The minimum absolute atomic E-state index is 0.597. The molecule has 0 bridgehead atoms. The lowest BCUT2D eigenvalue weighted by molar-refractivity contribution is 0.596. The van der Waals surface area contributed by atoms with E-state index in [-0.39, 0.29) is 0 Å². The fourth-order valence-electron chi connectivity index (χ4n) is 2.03. The van der Waals surface area contributed by atoms with E-state index in [9.17, 15) is 0 Å². The molecule has 0 amide bonds. The summed E-state index contributed by atoms with van der Waals surface area (Å²) in [6.07, 6.45) is 5.17. The van der Waals surface area contributed by atoms with Crippen LogP contribution in [0, 0.1) is 0 Å². The molecular formula is C10H14N2S. The van der Waals surface area contributed by atoms with Crippen LogP contribution in [0.2, 0.25) is 0 Å². The van der Waals surface area contributed by atoms with Crippen molar-refractivity contribution in [1.29, 1.82) is 0 Å². The molecule has 2 aliphatic rings. The molecule has 0 aliphatic heterocycles. The van der Waals surface area contributed by atoms with Gasteiger partial charge in [0.05, 0.1) is 10.7 Å². The first-order valence-corrected chi connectivity index (χ1v) is 5.87. The third-order valence-corrected chi connectivity index (χ3v) is 4.38. The highest BCUT2D eigenvalue weighted by Gasteiger charge is 2.32. The van der Waals surface area contributed by atoms with Crippen molar-refractivity contribution in [3.63, 3.8) is 0 Å². The maximum atomic E-state index is 4.73. The van der Waals surface area contributed by atoms with Gasteiger partial charge in [0.2, 0.25) is 0 Å². The molecule has 2 nitrogen and oxygen atoms in total. The molecule has 1 fully saturated rings. The van der Waals surface area contributed by atoms with Gasteiger partial charge in [-0.1, -0.05) is 0 Å². The third-order valence-electron chi connectivity index (χ3n) is 3.01. The molecule has 1 aromatic heterocycles. The number of aromatic nitrogens is 1. The number of fused-ring (bicyclic) bond motifs is 1. The first-order chi connectivity index (χ1) is 6.38. The number of aryl methyl sites for hydroxylation is 1. The third kappa shape index (κ3) is 1.22. The number of nitrogens with one attached hydrogen (secondary N) is 1. The number of hydrogen-bond donors (Lipinski definition) is 1. The van der Waals surface area contributed by atoms with Gasteiger partial charge in [0.15, 0.2) is 0 Å². The molecule has 0 saturated heterocycles. The Bertz CT molecular complexity index is 328. The van der Waals surface area contributed by atoms with E-state index < -0.39 is 0 Å². The van der Waals surface area contributed by atoms with Crippen LogP contribution in [-0.4, -0.2) is 12.0 Å². The molecule has 0 radical (unpaired) electrons. The molecule has 0 aromatic carbocycles. The quantitative estimate of drug-likeness (QED) is 0.781. The summed E-state index contributed by atoms with van der Waals surface area (Å²) in [5, 5.41) is 4.77. The SMILES string of the molecule is CNC1CCc2nc(C3CC3)sc21. The van der Waals surface area contributed by atoms with Crippen LogP contribution in [0.3, 0.4) is 0 Å². The largest absolute Gasteiger partial charge is 0.312 e. The van der Waals surface area contributed by atoms with Crippen LogP contribution in [-0.2, 0) is 6.42 Å². The van der Waals surface area contributed by atoms with Crippen LogP contribution >= 0.6 is 11.3 Å². The average molecular weight is 194 g/mol. The minimum Gasteiger partial charge on any atom is -0.312 e. The van der Waals surface area contributed by atoms with Gasteiger partial charge < -0.3 is 5.32 Å². The summed E-state index contributed by atoms with van der Waals surface area (Å²) < 4.78 is 0. The van der Waals surface area contributed by atoms with Crippen molar-refractivity contribution in [2.75, 3.05) is 7.05 Å². The highest BCUT2D eigenvalue weighted by atomic mass is 32.1. The van der Waals surface area contributed by atoms with Crippen molar-refractivity contribution < 1.29 is 0 Å². The maximum absolute atomic E-state index is 4.73. The van der Waals surface area contributed by atoms with Crippen molar-refractivity contribution >= 4 is 11.3 Å². The number of nitrogens with zero attached hydrogens (tertiary/aromatic N) is 1. The lowest BCUT2D eigenvalue weighted by Gasteiger charge is -2.05. The normalized spacial score (nSPS) is 26.4. The molecule has 1 unspecified atom stereocenters. The smallest absolute Gasteiger partial charge is 0.0962 e. The summed E-state index contributed by atoms with van der Waals surface area (Å²) in [6.45, 7) is 0. The molecular weight excluding hydrogens is 180 g/mol. The second-order valence-corrected chi connectivity index (χ2v) is 5.08. The topological polar surface area (TPSA) is 24.9 Å². The van der Waals surface area contributed by atoms with E-state index in [0.29, 0.717) is 6.04 Å². The van der Waals surface area contributed by atoms with Crippen LogP contribution in [0.1, 0.15) is 46.8 Å². The second-order valence-electron chi connectivity index (χ2n) is 4.02. The van der Waals surface area contributed by atoms with E-state index in [1.807, 2.05) is 11.3 Å². The highest BCUT2D eigenvalue weighted by Crippen LogP contribution is 2.45. The van der Waals surface area contributed by atoms with Gasteiger partial charge in [-0.05, 0) is 32.7 Å². The van der Waals surface area contributed by atoms with E-state index in [1.54, 1.807) is 0 Å². The van der Waals surface area contributed by atoms with Crippen molar-refractivity contribution in [2.45, 2.75) is 37.6 Å². The van der Waals surface area contributed by atoms with E-state index in [0.717, 1.165) is 5.92 Å². The van der Waals surface area contributed by atoms with Crippen LogP contribution in [0.25, 0.3) is 0 Å². The molecule has 13 heavy (non-hydrogen) atoms. The highest BCUT2D eigenvalue weighted by molar-refractivity contribution is 7.12. The second kappa shape index (κ2) is 2.79. The van der Waals surface area contributed by atoms with E-state index in [1.165, 1.54) is 41.3 Å². The van der Waals surface area contributed by atoms with E-state index >= 15 is 0 Å². The van der Waals surface area contributed by atoms with Gasteiger partial charge in [0, 0.05) is 16.8 Å². The lowest BCUT2D eigenvalue weighted by Crippen LogP contribution is -2.11. The summed E-state index contributed by atoms with van der Waals surface area (Å²) >= 11 is 1.95. The predicted octanol–water partition coefficient (Wildman–Crippen LogP) is 2.23. The van der Waals surface area contributed by atoms with Crippen LogP contribution < -0.4 is 5.32 Å².